The maximum absolute atomic E-state index is 13.3. The molecule has 1 aromatic rings. The lowest BCUT2D eigenvalue weighted by molar-refractivity contribution is 0.514. The second-order valence-corrected chi connectivity index (χ2v) is 5.40. The summed E-state index contributed by atoms with van der Waals surface area (Å²) in [4.78, 5) is 0. The summed E-state index contributed by atoms with van der Waals surface area (Å²) in [5, 5.41) is 3.24. The number of benzene rings is 1. The quantitative estimate of drug-likeness (QED) is 0.751. The highest BCUT2D eigenvalue weighted by Gasteiger charge is 2.06. The Labute approximate surface area is 106 Å². The number of hydrogen-bond donors (Lipinski definition) is 1. The summed E-state index contributed by atoms with van der Waals surface area (Å²) in [5.41, 5.74) is 0.515. The molecule has 1 aromatic carbocycles. The molecule has 1 rings (SSSR count). The van der Waals surface area contributed by atoms with Crippen LogP contribution >= 0.6 is 11.8 Å². The molecule has 0 aliphatic carbocycles. The molecule has 0 spiro atoms. The van der Waals surface area contributed by atoms with E-state index in [0.717, 1.165) is 24.0 Å². The van der Waals surface area contributed by atoms with Gasteiger partial charge >= 0.3 is 0 Å². The fraction of sp³-hybridized carbons (Fsp3) is 0.538. The van der Waals surface area contributed by atoms with Gasteiger partial charge in [0.2, 0.25) is 0 Å². The predicted molar refractivity (Wildman–Crippen MR) is 70.3 cm³/mol. The van der Waals surface area contributed by atoms with Crippen molar-refractivity contribution in [2.45, 2.75) is 32.9 Å². The minimum absolute atomic E-state index is 0.346. The Morgan fingerprint density at radius 3 is 2.76 bits per heavy atom. The number of rotatable bonds is 7. The zero-order valence-corrected chi connectivity index (χ0v) is 11.1. The third-order valence-electron chi connectivity index (χ3n) is 2.56. The van der Waals surface area contributed by atoms with E-state index in [1.165, 1.54) is 12.1 Å². The van der Waals surface area contributed by atoms with Gasteiger partial charge in [0, 0.05) is 24.2 Å². The molecule has 0 saturated carbocycles. The van der Waals surface area contributed by atoms with Crippen LogP contribution in [-0.4, -0.2) is 17.5 Å². The van der Waals surface area contributed by atoms with Gasteiger partial charge in [-0.2, -0.15) is 11.8 Å². The second kappa shape index (κ2) is 7.67. The van der Waals surface area contributed by atoms with Gasteiger partial charge in [0.15, 0.2) is 0 Å². The zero-order chi connectivity index (χ0) is 12.7. The van der Waals surface area contributed by atoms with Gasteiger partial charge in [-0.25, -0.2) is 8.78 Å². The molecule has 0 aliphatic rings. The van der Waals surface area contributed by atoms with Crippen molar-refractivity contribution >= 4 is 11.8 Å². The molecule has 0 aromatic heterocycles. The van der Waals surface area contributed by atoms with Crippen LogP contribution in [0, 0.1) is 11.6 Å². The summed E-state index contributed by atoms with van der Waals surface area (Å²) in [7, 11) is 0. The fourth-order valence-electron chi connectivity index (χ4n) is 1.46. The van der Waals surface area contributed by atoms with Crippen molar-refractivity contribution in [3.8, 4) is 0 Å². The maximum atomic E-state index is 13.3. The van der Waals surface area contributed by atoms with E-state index in [9.17, 15) is 8.78 Å². The van der Waals surface area contributed by atoms with Crippen molar-refractivity contribution < 1.29 is 8.78 Å². The molecular weight excluding hydrogens is 240 g/mol. The third kappa shape index (κ3) is 5.50. The van der Waals surface area contributed by atoms with Crippen LogP contribution in [0.2, 0.25) is 0 Å². The maximum Gasteiger partial charge on any atom is 0.130 e. The van der Waals surface area contributed by atoms with E-state index in [-0.39, 0.29) is 0 Å². The van der Waals surface area contributed by atoms with Gasteiger partial charge in [0.05, 0.1) is 0 Å². The molecular formula is C13H19F2NS. The van der Waals surface area contributed by atoms with E-state index in [1.807, 2.05) is 11.8 Å². The number of nitrogens with one attached hydrogen (secondary N) is 1. The van der Waals surface area contributed by atoms with E-state index >= 15 is 0 Å². The molecule has 1 unspecified atom stereocenters. The lowest BCUT2D eigenvalue weighted by Gasteiger charge is -2.13. The van der Waals surface area contributed by atoms with Crippen molar-refractivity contribution in [3.63, 3.8) is 0 Å². The molecule has 96 valence electrons. The normalized spacial score (nSPS) is 12.7. The van der Waals surface area contributed by atoms with Gasteiger partial charge in [-0.15, -0.1) is 0 Å². The standard InChI is InChI=1S/C13H19F2NS/c1-3-17-7-6-10(2)16-9-11-4-5-12(14)8-13(11)15/h4-5,8,10,16H,3,6-7,9H2,1-2H3. The molecule has 1 N–H and O–H groups in total. The van der Waals surface area contributed by atoms with Crippen molar-refractivity contribution in [3.05, 3.63) is 35.4 Å². The molecule has 0 heterocycles. The summed E-state index contributed by atoms with van der Waals surface area (Å²) >= 11 is 1.90. The van der Waals surface area contributed by atoms with E-state index in [1.54, 1.807) is 0 Å². The van der Waals surface area contributed by atoms with Crippen LogP contribution in [0.3, 0.4) is 0 Å². The lowest BCUT2D eigenvalue weighted by Crippen LogP contribution is -2.26. The fourth-order valence-corrected chi connectivity index (χ4v) is 2.26. The summed E-state index contributed by atoms with van der Waals surface area (Å²) in [6.07, 6.45) is 1.06. The molecule has 1 atom stereocenters. The van der Waals surface area contributed by atoms with Crippen LogP contribution in [0.15, 0.2) is 18.2 Å². The first kappa shape index (κ1) is 14.5. The highest BCUT2D eigenvalue weighted by Crippen LogP contribution is 2.10. The smallest absolute Gasteiger partial charge is 0.130 e. The summed E-state index contributed by atoms with van der Waals surface area (Å²) in [5.74, 6) is 1.22. The van der Waals surface area contributed by atoms with Crippen molar-refractivity contribution in [2.24, 2.45) is 0 Å². The SMILES string of the molecule is CCSCCC(C)NCc1ccc(F)cc1F. The van der Waals surface area contributed by atoms with Crippen LogP contribution in [0.1, 0.15) is 25.8 Å². The number of thioether (sulfide) groups is 1. The summed E-state index contributed by atoms with van der Waals surface area (Å²) < 4.78 is 26.0. The summed E-state index contributed by atoms with van der Waals surface area (Å²) in [6.45, 7) is 4.67. The molecule has 0 amide bonds. The Hall–Kier alpha value is -0.610. The Morgan fingerprint density at radius 1 is 1.35 bits per heavy atom. The molecule has 0 saturated heterocycles. The second-order valence-electron chi connectivity index (χ2n) is 4.00. The van der Waals surface area contributed by atoms with Gasteiger partial charge in [-0.1, -0.05) is 13.0 Å². The molecule has 0 aliphatic heterocycles. The lowest BCUT2D eigenvalue weighted by atomic mass is 10.2. The van der Waals surface area contributed by atoms with Gasteiger partial charge in [0.1, 0.15) is 11.6 Å². The summed E-state index contributed by atoms with van der Waals surface area (Å²) in [6, 6.07) is 4.05. The van der Waals surface area contributed by atoms with Crippen molar-refractivity contribution in [1.29, 1.82) is 0 Å². The van der Waals surface area contributed by atoms with E-state index in [4.69, 9.17) is 0 Å². The topological polar surface area (TPSA) is 12.0 Å². The van der Waals surface area contributed by atoms with Gasteiger partial charge in [-0.05, 0) is 30.9 Å². The minimum Gasteiger partial charge on any atom is -0.310 e. The molecule has 17 heavy (non-hydrogen) atoms. The molecule has 0 bridgehead atoms. The Kier molecular flexibility index (Phi) is 6.52. The minimum atomic E-state index is -0.529. The van der Waals surface area contributed by atoms with Gasteiger partial charge in [0.25, 0.3) is 0 Å². The Bertz CT molecular complexity index is 344. The van der Waals surface area contributed by atoms with Crippen LogP contribution in [-0.2, 0) is 6.54 Å². The first-order chi connectivity index (χ1) is 8.13. The average Bonchev–Trinajstić information content (AvgIpc) is 2.28. The molecule has 4 heteroatoms. The first-order valence-electron chi connectivity index (χ1n) is 5.88. The zero-order valence-electron chi connectivity index (χ0n) is 10.3. The van der Waals surface area contributed by atoms with Gasteiger partial charge in [-0.3, -0.25) is 0 Å². The van der Waals surface area contributed by atoms with Gasteiger partial charge < -0.3 is 5.32 Å². The largest absolute Gasteiger partial charge is 0.310 e. The number of hydrogen-bond acceptors (Lipinski definition) is 2. The average molecular weight is 259 g/mol. The molecule has 0 radical (unpaired) electrons. The van der Waals surface area contributed by atoms with E-state index in [2.05, 4.69) is 19.2 Å². The highest BCUT2D eigenvalue weighted by atomic mass is 32.2. The van der Waals surface area contributed by atoms with Crippen LogP contribution < -0.4 is 5.32 Å². The Morgan fingerprint density at radius 2 is 2.12 bits per heavy atom. The van der Waals surface area contributed by atoms with Crippen molar-refractivity contribution in [2.75, 3.05) is 11.5 Å². The predicted octanol–water partition coefficient (Wildman–Crippen LogP) is 3.59. The van der Waals surface area contributed by atoms with Crippen LogP contribution in [0.25, 0.3) is 0 Å². The Balaban J connectivity index is 2.34. The molecule has 1 nitrogen and oxygen atoms in total. The third-order valence-corrected chi connectivity index (χ3v) is 3.49. The monoisotopic (exact) mass is 259 g/mol. The van der Waals surface area contributed by atoms with Crippen LogP contribution in [0.5, 0.6) is 0 Å². The van der Waals surface area contributed by atoms with Crippen LogP contribution in [0.4, 0.5) is 8.78 Å². The van der Waals surface area contributed by atoms with E-state index in [0.29, 0.717) is 18.2 Å². The number of halogens is 2. The highest BCUT2D eigenvalue weighted by molar-refractivity contribution is 7.99. The first-order valence-corrected chi connectivity index (χ1v) is 7.04. The van der Waals surface area contributed by atoms with E-state index < -0.39 is 11.6 Å². The van der Waals surface area contributed by atoms with Crippen molar-refractivity contribution in [1.82, 2.24) is 5.32 Å². The molecule has 0 fully saturated rings.